The third-order valence-electron chi connectivity index (χ3n) is 5.84. The van der Waals surface area contributed by atoms with Crippen LogP contribution in [0.25, 0.3) is 10.8 Å². The van der Waals surface area contributed by atoms with E-state index in [1.165, 1.54) is 30.5 Å². The zero-order chi connectivity index (χ0) is 26.0. The molecule has 190 valence electrons. The van der Waals surface area contributed by atoms with Gasteiger partial charge in [-0.2, -0.15) is 5.06 Å². The molecule has 0 radical (unpaired) electrons. The van der Waals surface area contributed by atoms with Crippen molar-refractivity contribution in [2.75, 3.05) is 5.06 Å². The Hall–Kier alpha value is -4.54. The quantitative estimate of drug-likeness (QED) is 0.140. The Morgan fingerprint density at radius 3 is 2.38 bits per heavy atom. The third-order valence-corrected chi connectivity index (χ3v) is 5.84. The van der Waals surface area contributed by atoms with Crippen molar-refractivity contribution in [2.45, 2.75) is 31.7 Å². The molecule has 5 rings (SSSR count). The number of nitrogens with two attached hydrogens (primary N) is 1. The monoisotopic (exact) mass is 509 g/mol. The van der Waals surface area contributed by atoms with E-state index in [4.69, 9.17) is 20.8 Å². The topological polar surface area (TPSA) is 106 Å². The van der Waals surface area contributed by atoms with E-state index < -0.39 is 6.36 Å². The van der Waals surface area contributed by atoms with Gasteiger partial charge in [-0.25, -0.2) is 9.97 Å². The molecule has 0 amide bonds. The summed E-state index contributed by atoms with van der Waals surface area (Å²) in [4.78, 5) is 15.1. The van der Waals surface area contributed by atoms with Crippen molar-refractivity contribution >= 4 is 22.4 Å². The molecule has 1 aliphatic rings. The van der Waals surface area contributed by atoms with Gasteiger partial charge in [-0.1, -0.05) is 41.6 Å². The Labute approximate surface area is 209 Å². The zero-order valence-corrected chi connectivity index (χ0v) is 19.4. The van der Waals surface area contributed by atoms with E-state index in [1.807, 2.05) is 24.3 Å². The summed E-state index contributed by atoms with van der Waals surface area (Å²) in [5.74, 6) is 0.842. The first kappa shape index (κ1) is 24.2. The Kier molecular flexibility index (Phi) is 6.43. The number of rotatable bonds is 8. The van der Waals surface area contributed by atoms with Gasteiger partial charge in [0.25, 0.3) is 0 Å². The molecule has 2 heterocycles. The molecule has 0 spiro atoms. The van der Waals surface area contributed by atoms with E-state index in [0.29, 0.717) is 23.0 Å². The van der Waals surface area contributed by atoms with Crippen LogP contribution in [-0.4, -0.2) is 27.4 Å². The van der Waals surface area contributed by atoms with Crippen LogP contribution in [0.3, 0.4) is 0 Å². The normalized spacial score (nSPS) is 14.0. The van der Waals surface area contributed by atoms with Crippen molar-refractivity contribution < 1.29 is 28.0 Å². The van der Waals surface area contributed by atoms with Gasteiger partial charge in [0.2, 0.25) is 0 Å². The van der Waals surface area contributed by atoms with Gasteiger partial charge in [0.15, 0.2) is 17.4 Å². The summed E-state index contributed by atoms with van der Waals surface area (Å²) in [7, 11) is 0. The van der Waals surface area contributed by atoms with Gasteiger partial charge in [0, 0.05) is 17.1 Å². The van der Waals surface area contributed by atoms with Gasteiger partial charge >= 0.3 is 6.36 Å². The summed E-state index contributed by atoms with van der Waals surface area (Å²) in [5.41, 5.74) is 7.59. The standard InChI is InChI=1S/C26H22F3N5O3/c27-26(28,29)36-19-9-5-16(6-10-19)15-34(37-20-11-12-22(31-14-20)24(30)33-35)25-23(17-7-8-17)21-4-2-1-3-18(21)13-32-25/h1-6,9-14,17,35H,7-8,15H2,(H2,30,33). The summed E-state index contributed by atoms with van der Waals surface area (Å²) in [6, 6.07) is 16.7. The molecule has 0 bridgehead atoms. The van der Waals surface area contributed by atoms with Crippen molar-refractivity contribution in [3.8, 4) is 11.5 Å². The number of hydrogen-bond donors (Lipinski definition) is 2. The molecule has 3 N–H and O–H groups in total. The lowest BCUT2D eigenvalue weighted by molar-refractivity contribution is -0.274. The van der Waals surface area contributed by atoms with Crippen LogP contribution in [0, 0.1) is 0 Å². The molecule has 0 aliphatic heterocycles. The van der Waals surface area contributed by atoms with Crippen molar-refractivity contribution in [3.63, 3.8) is 0 Å². The molecule has 11 heteroatoms. The fourth-order valence-electron chi connectivity index (χ4n) is 4.03. The minimum absolute atomic E-state index is 0.142. The summed E-state index contributed by atoms with van der Waals surface area (Å²) in [5, 5.41) is 15.5. The SMILES string of the molecule is N/C(=N\O)c1ccc(ON(Cc2ccc(OC(F)(F)F)cc2)c2ncc3ccccc3c2C2CC2)cn1. The molecule has 8 nitrogen and oxygen atoms in total. The highest BCUT2D eigenvalue weighted by Crippen LogP contribution is 2.47. The number of alkyl halides is 3. The lowest BCUT2D eigenvalue weighted by Gasteiger charge is -2.26. The second kappa shape index (κ2) is 9.84. The van der Waals surface area contributed by atoms with Crippen molar-refractivity contribution in [1.82, 2.24) is 9.97 Å². The minimum Gasteiger partial charge on any atom is -0.409 e. The van der Waals surface area contributed by atoms with E-state index in [-0.39, 0.29) is 23.8 Å². The first-order valence-corrected chi connectivity index (χ1v) is 11.4. The van der Waals surface area contributed by atoms with E-state index in [0.717, 1.165) is 29.2 Å². The van der Waals surface area contributed by atoms with E-state index >= 15 is 0 Å². The van der Waals surface area contributed by atoms with Crippen LogP contribution >= 0.6 is 0 Å². The average molecular weight is 509 g/mol. The average Bonchev–Trinajstić information content (AvgIpc) is 3.73. The number of benzene rings is 2. The molecular formula is C26H22F3N5O3. The highest BCUT2D eigenvalue weighted by atomic mass is 19.4. The summed E-state index contributed by atoms with van der Waals surface area (Å²) < 4.78 is 41.7. The number of ether oxygens (including phenoxy) is 1. The molecule has 1 aliphatic carbocycles. The number of halogens is 3. The van der Waals surface area contributed by atoms with Gasteiger partial charge in [-0.15, -0.1) is 13.2 Å². The number of fused-ring (bicyclic) bond motifs is 1. The van der Waals surface area contributed by atoms with Crippen LogP contribution in [0.5, 0.6) is 11.5 Å². The lowest BCUT2D eigenvalue weighted by Crippen LogP contribution is -2.29. The molecule has 4 aromatic rings. The van der Waals surface area contributed by atoms with Crippen LogP contribution in [0.15, 0.2) is 78.2 Å². The molecule has 37 heavy (non-hydrogen) atoms. The second-order valence-electron chi connectivity index (χ2n) is 8.54. The van der Waals surface area contributed by atoms with Crippen LogP contribution in [-0.2, 0) is 6.54 Å². The lowest BCUT2D eigenvalue weighted by atomic mass is 10.0. The summed E-state index contributed by atoms with van der Waals surface area (Å²) >= 11 is 0. The highest BCUT2D eigenvalue weighted by molar-refractivity contribution is 5.95. The third kappa shape index (κ3) is 5.66. The number of anilines is 1. The maximum Gasteiger partial charge on any atom is 0.573 e. The van der Waals surface area contributed by atoms with Crippen LogP contribution in [0.1, 0.15) is 35.6 Å². The van der Waals surface area contributed by atoms with Crippen molar-refractivity contribution in [1.29, 1.82) is 0 Å². The number of aromatic nitrogens is 2. The number of hydrogen-bond acceptors (Lipinski definition) is 7. The molecule has 0 unspecified atom stereocenters. The van der Waals surface area contributed by atoms with Crippen LogP contribution < -0.4 is 20.4 Å². The number of amidine groups is 1. The van der Waals surface area contributed by atoms with Crippen molar-refractivity contribution in [3.05, 3.63) is 89.9 Å². The van der Waals surface area contributed by atoms with Gasteiger partial charge in [-0.3, -0.25) is 0 Å². The fourth-order valence-corrected chi connectivity index (χ4v) is 4.03. The zero-order valence-electron chi connectivity index (χ0n) is 19.4. The first-order valence-electron chi connectivity index (χ1n) is 11.4. The highest BCUT2D eigenvalue weighted by Gasteiger charge is 2.32. The van der Waals surface area contributed by atoms with E-state index in [2.05, 4.69) is 14.9 Å². The first-order chi connectivity index (χ1) is 17.8. The van der Waals surface area contributed by atoms with E-state index in [1.54, 1.807) is 23.4 Å². The maximum atomic E-state index is 12.6. The predicted molar refractivity (Wildman–Crippen MR) is 130 cm³/mol. The van der Waals surface area contributed by atoms with E-state index in [9.17, 15) is 13.2 Å². The molecule has 1 saturated carbocycles. The molecule has 2 aromatic heterocycles. The number of hydroxylamine groups is 1. The summed E-state index contributed by atoms with van der Waals surface area (Å²) in [6.07, 6.45) is 0.478. The van der Waals surface area contributed by atoms with Crippen LogP contribution in [0.2, 0.25) is 0 Å². The smallest absolute Gasteiger partial charge is 0.409 e. The predicted octanol–water partition coefficient (Wildman–Crippen LogP) is 5.50. The molecule has 0 atom stereocenters. The minimum atomic E-state index is -4.77. The Bertz CT molecular complexity index is 1420. The van der Waals surface area contributed by atoms with Gasteiger partial charge in [0.1, 0.15) is 11.4 Å². The molecule has 1 fully saturated rings. The second-order valence-corrected chi connectivity index (χ2v) is 8.54. The Balaban J connectivity index is 1.51. The number of oxime groups is 1. The van der Waals surface area contributed by atoms with Crippen molar-refractivity contribution in [2.24, 2.45) is 10.9 Å². The Morgan fingerprint density at radius 2 is 1.73 bits per heavy atom. The number of nitrogens with zero attached hydrogens (tertiary/aromatic N) is 4. The fraction of sp³-hybridized carbons (Fsp3) is 0.192. The molecule has 2 aromatic carbocycles. The van der Waals surface area contributed by atoms with Crippen LogP contribution in [0.4, 0.5) is 19.0 Å². The van der Waals surface area contributed by atoms with Gasteiger partial charge in [0.05, 0.1) is 12.7 Å². The summed E-state index contributed by atoms with van der Waals surface area (Å²) in [6.45, 7) is 0.180. The van der Waals surface area contributed by atoms with Gasteiger partial charge in [-0.05, 0) is 54.0 Å². The Morgan fingerprint density at radius 1 is 1.00 bits per heavy atom. The largest absolute Gasteiger partial charge is 0.573 e. The molecule has 0 saturated heterocycles. The van der Waals surface area contributed by atoms with Gasteiger partial charge < -0.3 is 20.5 Å². The number of pyridine rings is 2. The maximum absolute atomic E-state index is 12.6. The molecular weight excluding hydrogens is 487 g/mol.